The van der Waals surface area contributed by atoms with Crippen molar-refractivity contribution in [3.8, 4) is 28.4 Å². The van der Waals surface area contributed by atoms with Crippen LogP contribution in [0.2, 0.25) is 0 Å². The number of hydrogen-bond donors (Lipinski definition) is 2. The van der Waals surface area contributed by atoms with Gasteiger partial charge in [-0.3, -0.25) is 4.79 Å². The molecule has 0 fully saturated rings. The average molecular weight is 412 g/mol. The molecule has 3 aromatic carbocycles. The molecule has 7 heteroatoms. The first-order chi connectivity index (χ1) is 15.2. The first-order valence-electron chi connectivity index (χ1n) is 9.56. The molecule has 4 aromatic rings. The van der Waals surface area contributed by atoms with Gasteiger partial charge in [0.2, 0.25) is 0 Å². The highest BCUT2D eigenvalue weighted by molar-refractivity contribution is 6.00. The van der Waals surface area contributed by atoms with Crippen LogP contribution in [0.4, 0.5) is 0 Å². The third-order valence-electron chi connectivity index (χ3n) is 4.61. The van der Waals surface area contributed by atoms with E-state index in [2.05, 4.69) is 15.6 Å². The molecule has 1 amide bonds. The molecular weight excluding hydrogens is 392 g/mol. The fraction of sp³-hybridized carbons (Fsp3) is 0.0417. The normalized spacial score (nSPS) is 10.9. The number of methoxy groups -OCH3 is 1. The second-order valence-corrected chi connectivity index (χ2v) is 6.67. The third kappa shape index (κ3) is 4.45. The third-order valence-corrected chi connectivity index (χ3v) is 4.61. The molecule has 0 radical (unpaired) electrons. The number of nitrogens with one attached hydrogen (secondary N) is 1. The SMILES string of the molecule is COc1cc(C=NNC(=O)c2cn(-c3ccccc3)nc2-c2ccccc2)ccc1O. The Bertz CT molecular complexity index is 1220. The van der Waals surface area contributed by atoms with Gasteiger partial charge >= 0.3 is 0 Å². The minimum Gasteiger partial charge on any atom is -0.504 e. The molecule has 31 heavy (non-hydrogen) atoms. The van der Waals surface area contributed by atoms with Gasteiger partial charge in [0.25, 0.3) is 5.91 Å². The number of hydrogen-bond acceptors (Lipinski definition) is 5. The van der Waals surface area contributed by atoms with Gasteiger partial charge in [-0.2, -0.15) is 10.2 Å². The highest BCUT2D eigenvalue weighted by Crippen LogP contribution is 2.26. The van der Waals surface area contributed by atoms with Crippen LogP contribution < -0.4 is 10.2 Å². The Kier molecular flexibility index (Phi) is 5.75. The van der Waals surface area contributed by atoms with E-state index in [1.165, 1.54) is 19.4 Å². The smallest absolute Gasteiger partial charge is 0.275 e. The van der Waals surface area contributed by atoms with Crippen LogP contribution in [0.3, 0.4) is 0 Å². The zero-order chi connectivity index (χ0) is 21.6. The number of rotatable bonds is 6. The number of nitrogens with zero attached hydrogens (tertiary/aromatic N) is 3. The van der Waals surface area contributed by atoms with Crippen molar-refractivity contribution in [3.05, 3.63) is 96.2 Å². The number of carbonyl (C=O) groups is 1. The van der Waals surface area contributed by atoms with Gasteiger partial charge in [-0.15, -0.1) is 0 Å². The Hall–Kier alpha value is -4.39. The number of benzene rings is 3. The summed E-state index contributed by atoms with van der Waals surface area (Å²) in [6.07, 6.45) is 3.16. The molecule has 1 aromatic heterocycles. The van der Waals surface area contributed by atoms with Gasteiger partial charge in [0, 0.05) is 11.8 Å². The summed E-state index contributed by atoms with van der Waals surface area (Å²) < 4.78 is 6.75. The average Bonchev–Trinajstić information content (AvgIpc) is 3.27. The minimum atomic E-state index is -0.386. The van der Waals surface area contributed by atoms with E-state index in [4.69, 9.17) is 4.74 Å². The number of phenols is 1. The van der Waals surface area contributed by atoms with Crippen molar-refractivity contribution in [3.63, 3.8) is 0 Å². The second-order valence-electron chi connectivity index (χ2n) is 6.67. The summed E-state index contributed by atoms with van der Waals surface area (Å²) in [4.78, 5) is 12.9. The lowest BCUT2D eigenvalue weighted by molar-refractivity contribution is 0.0955. The molecular formula is C24H20N4O3. The van der Waals surface area contributed by atoms with Crippen molar-refractivity contribution in [1.82, 2.24) is 15.2 Å². The lowest BCUT2D eigenvalue weighted by Crippen LogP contribution is -2.18. The van der Waals surface area contributed by atoms with Crippen LogP contribution in [0.1, 0.15) is 15.9 Å². The van der Waals surface area contributed by atoms with E-state index in [1.807, 2.05) is 60.7 Å². The van der Waals surface area contributed by atoms with Gasteiger partial charge in [0.15, 0.2) is 11.5 Å². The van der Waals surface area contributed by atoms with Crippen molar-refractivity contribution in [2.45, 2.75) is 0 Å². The summed E-state index contributed by atoms with van der Waals surface area (Å²) in [5.74, 6) is -0.0293. The molecule has 1 heterocycles. The van der Waals surface area contributed by atoms with E-state index in [0.717, 1.165) is 11.3 Å². The zero-order valence-corrected chi connectivity index (χ0v) is 16.8. The molecule has 154 valence electrons. The molecule has 4 rings (SSSR count). The number of phenolic OH excluding ortho intramolecular Hbond substituents is 1. The lowest BCUT2D eigenvalue weighted by Gasteiger charge is -2.04. The fourth-order valence-corrected chi connectivity index (χ4v) is 3.06. The minimum absolute atomic E-state index is 0.0320. The second kappa shape index (κ2) is 8.96. The molecule has 2 N–H and O–H groups in total. The fourth-order valence-electron chi connectivity index (χ4n) is 3.06. The largest absolute Gasteiger partial charge is 0.504 e. The summed E-state index contributed by atoms with van der Waals surface area (Å²) in [7, 11) is 1.47. The Labute approximate surface area is 179 Å². The lowest BCUT2D eigenvalue weighted by atomic mass is 10.1. The van der Waals surface area contributed by atoms with Crippen LogP contribution in [0.25, 0.3) is 16.9 Å². The molecule has 0 aliphatic carbocycles. The van der Waals surface area contributed by atoms with Crippen LogP contribution in [0.5, 0.6) is 11.5 Å². The van der Waals surface area contributed by atoms with Gasteiger partial charge in [-0.1, -0.05) is 48.5 Å². The highest BCUT2D eigenvalue weighted by Gasteiger charge is 2.18. The quantitative estimate of drug-likeness (QED) is 0.370. The Balaban J connectivity index is 1.61. The first-order valence-corrected chi connectivity index (χ1v) is 9.56. The van der Waals surface area contributed by atoms with Crippen molar-refractivity contribution in [1.29, 1.82) is 0 Å². The van der Waals surface area contributed by atoms with E-state index in [1.54, 1.807) is 23.0 Å². The number of ether oxygens (including phenoxy) is 1. The van der Waals surface area contributed by atoms with E-state index in [9.17, 15) is 9.90 Å². The molecule has 0 bridgehead atoms. The Morgan fingerprint density at radius 3 is 2.48 bits per heavy atom. The molecule has 0 unspecified atom stereocenters. The maximum atomic E-state index is 12.9. The van der Waals surface area contributed by atoms with Gasteiger partial charge in [-0.05, 0) is 35.9 Å². The van der Waals surface area contributed by atoms with Gasteiger partial charge in [0.05, 0.1) is 24.6 Å². The monoisotopic (exact) mass is 412 g/mol. The van der Waals surface area contributed by atoms with Crippen LogP contribution in [-0.4, -0.2) is 34.1 Å². The summed E-state index contributed by atoms with van der Waals surface area (Å²) in [6, 6.07) is 23.9. The molecule has 0 saturated carbocycles. The van der Waals surface area contributed by atoms with E-state index < -0.39 is 0 Å². The molecule has 0 aliphatic rings. The standard InChI is InChI=1S/C24H20N4O3/c1-31-22-14-17(12-13-21(22)29)15-25-26-24(30)20-16-28(19-10-6-3-7-11-19)27-23(20)18-8-4-2-5-9-18/h2-16,29H,1H3,(H,26,30). The van der Waals surface area contributed by atoms with Crippen LogP contribution in [0, 0.1) is 0 Å². The molecule has 0 atom stereocenters. The first kappa shape index (κ1) is 19.9. The number of aromatic hydroxyl groups is 1. The number of carbonyl (C=O) groups excluding carboxylic acids is 1. The molecule has 0 saturated heterocycles. The predicted molar refractivity (Wildman–Crippen MR) is 119 cm³/mol. The number of hydrazone groups is 1. The topological polar surface area (TPSA) is 88.7 Å². The van der Waals surface area contributed by atoms with Crippen LogP contribution in [-0.2, 0) is 0 Å². The van der Waals surface area contributed by atoms with Crippen molar-refractivity contribution in [2.75, 3.05) is 7.11 Å². The number of para-hydroxylation sites is 1. The number of amides is 1. The summed E-state index contributed by atoms with van der Waals surface area (Å²) in [6.45, 7) is 0. The maximum Gasteiger partial charge on any atom is 0.275 e. The number of aromatic nitrogens is 2. The van der Waals surface area contributed by atoms with E-state index in [-0.39, 0.29) is 11.7 Å². The highest BCUT2D eigenvalue weighted by atomic mass is 16.5. The van der Waals surface area contributed by atoms with Crippen molar-refractivity contribution in [2.24, 2.45) is 5.10 Å². The Morgan fingerprint density at radius 2 is 1.77 bits per heavy atom. The van der Waals surface area contributed by atoms with Crippen LogP contribution >= 0.6 is 0 Å². The molecule has 0 spiro atoms. The molecule has 0 aliphatic heterocycles. The Morgan fingerprint density at radius 1 is 1.06 bits per heavy atom. The van der Waals surface area contributed by atoms with E-state index >= 15 is 0 Å². The summed E-state index contributed by atoms with van der Waals surface area (Å²) in [5.41, 5.74) is 5.84. The van der Waals surface area contributed by atoms with Gasteiger partial charge < -0.3 is 9.84 Å². The predicted octanol–water partition coefficient (Wildman–Crippen LogP) is 4.02. The van der Waals surface area contributed by atoms with Gasteiger partial charge in [0.1, 0.15) is 5.69 Å². The maximum absolute atomic E-state index is 12.9. The van der Waals surface area contributed by atoms with Crippen molar-refractivity contribution < 1.29 is 14.6 Å². The van der Waals surface area contributed by atoms with Crippen LogP contribution in [0.15, 0.2) is 90.2 Å². The van der Waals surface area contributed by atoms with Crippen molar-refractivity contribution >= 4 is 12.1 Å². The summed E-state index contributed by atoms with van der Waals surface area (Å²) >= 11 is 0. The summed E-state index contributed by atoms with van der Waals surface area (Å²) in [5, 5.41) is 18.4. The van der Waals surface area contributed by atoms with Gasteiger partial charge in [-0.25, -0.2) is 10.1 Å². The zero-order valence-electron chi connectivity index (χ0n) is 16.8. The van der Waals surface area contributed by atoms with E-state index in [0.29, 0.717) is 22.6 Å². The molecule has 7 nitrogen and oxygen atoms in total.